The average molecular weight is 511 g/mol. The van der Waals surface area contributed by atoms with Crippen molar-refractivity contribution >= 4 is 0 Å². The Labute approximate surface area is 219 Å². The van der Waals surface area contributed by atoms with E-state index in [0.717, 1.165) is 16.9 Å². The zero-order valence-corrected chi connectivity index (χ0v) is 21.4. The van der Waals surface area contributed by atoms with Crippen molar-refractivity contribution in [2.24, 2.45) is 0 Å². The van der Waals surface area contributed by atoms with Gasteiger partial charge in [-0.05, 0) is 23.3 Å². The van der Waals surface area contributed by atoms with Gasteiger partial charge in [0.05, 0.1) is 40.1 Å². The first-order chi connectivity index (χ1) is 18.1. The fourth-order valence-electron chi connectivity index (χ4n) is 4.31. The van der Waals surface area contributed by atoms with Crippen molar-refractivity contribution in [2.75, 3.05) is 26.9 Å². The van der Waals surface area contributed by atoms with Gasteiger partial charge >= 0.3 is 0 Å². The van der Waals surface area contributed by atoms with E-state index in [2.05, 4.69) is 19.7 Å². The molecule has 0 aromatic heterocycles. The molecule has 1 aliphatic rings. The highest BCUT2D eigenvalue weighted by atomic mass is 16.6. The number of benzene rings is 2. The number of rotatable bonds is 16. The van der Waals surface area contributed by atoms with Crippen LogP contribution in [0, 0.1) is 0 Å². The van der Waals surface area contributed by atoms with Gasteiger partial charge < -0.3 is 33.5 Å². The van der Waals surface area contributed by atoms with E-state index < -0.39 is 36.6 Å². The van der Waals surface area contributed by atoms with Gasteiger partial charge in [0, 0.05) is 0 Å². The Balaban J connectivity index is 1.91. The maximum absolute atomic E-state index is 11.5. The van der Waals surface area contributed by atoms with Gasteiger partial charge in [-0.25, -0.2) is 0 Å². The lowest BCUT2D eigenvalue weighted by Gasteiger charge is -2.48. The number of hydrogen-bond acceptors (Lipinski definition) is 7. The van der Waals surface area contributed by atoms with Crippen LogP contribution < -0.4 is 4.74 Å². The van der Waals surface area contributed by atoms with Crippen LogP contribution in [0.25, 0.3) is 0 Å². The molecule has 6 atom stereocenters. The molecule has 1 saturated carbocycles. The van der Waals surface area contributed by atoms with E-state index in [9.17, 15) is 5.11 Å². The maximum Gasteiger partial charge on any atom is 0.118 e. The maximum atomic E-state index is 11.5. The van der Waals surface area contributed by atoms with Crippen molar-refractivity contribution < 1.29 is 33.5 Å². The van der Waals surface area contributed by atoms with Crippen molar-refractivity contribution in [3.63, 3.8) is 0 Å². The minimum absolute atomic E-state index is 0.227. The second-order valence-electron chi connectivity index (χ2n) is 8.64. The highest BCUT2D eigenvalue weighted by Crippen LogP contribution is 2.33. The predicted molar refractivity (Wildman–Crippen MR) is 142 cm³/mol. The first-order valence-electron chi connectivity index (χ1n) is 12.4. The fraction of sp³-hybridized carbons (Fsp3) is 0.400. The zero-order chi connectivity index (χ0) is 26.5. The first kappa shape index (κ1) is 28.8. The summed E-state index contributed by atoms with van der Waals surface area (Å²) >= 11 is 0. The van der Waals surface area contributed by atoms with Gasteiger partial charge in [-0.3, -0.25) is 0 Å². The molecular formula is C30H38O7. The molecule has 0 heterocycles. The molecule has 0 unspecified atom stereocenters. The average Bonchev–Trinajstić information content (AvgIpc) is 2.94. The van der Waals surface area contributed by atoms with Crippen LogP contribution >= 0.6 is 0 Å². The smallest absolute Gasteiger partial charge is 0.118 e. The quantitative estimate of drug-likeness (QED) is 0.338. The summed E-state index contributed by atoms with van der Waals surface area (Å²) in [7, 11) is 1.62. The van der Waals surface area contributed by atoms with E-state index in [1.807, 2.05) is 54.6 Å². The Morgan fingerprint density at radius 3 is 1.57 bits per heavy atom. The molecule has 2 aromatic rings. The van der Waals surface area contributed by atoms with Gasteiger partial charge in [0.25, 0.3) is 0 Å². The molecule has 7 heteroatoms. The Bertz CT molecular complexity index is 946. The van der Waals surface area contributed by atoms with E-state index in [1.54, 1.807) is 25.3 Å². The summed E-state index contributed by atoms with van der Waals surface area (Å²) in [6.45, 7) is 12.6. The molecular weight excluding hydrogens is 472 g/mol. The molecule has 200 valence electrons. The van der Waals surface area contributed by atoms with Gasteiger partial charge in [0.2, 0.25) is 0 Å². The normalized spacial score (nSPS) is 25.4. The van der Waals surface area contributed by atoms with Gasteiger partial charge in [-0.2, -0.15) is 0 Å². The molecule has 0 saturated heterocycles. The fourth-order valence-corrected chi connectivity index (χ4v) is 4.31. The van der Waals surface area contributed by atoms with E-state index in [4.69, 9.17) is 28.4 Å². The summed E-state index contributed by atoms with van der Waals surface area (Å²) < 4.78 is 36.3. The van der Waals surface area contributed by atoms with Crippen LogP contribution in [0.5, 0.6) is 5.75 Å². The molecule has 3 rings (SSSR count). The third kappa shape index (κ3) is 8.10. The molecule has 37 heavy (non-hydrogen) atoms. The van der Waals surface area contributed by atoms with Crippen LogP contribution in [0.2, 0.25) is 0 Å². The van der Waals surface area contributed by atoms with Crippen molar-refractivity contribution in [1.29, 1.82) is 0 Å². The summed E-state index contributed by atoms with van der Waals surface area (Å²) in [5.74, 6) is 0.753. The lowest BCUT2D eigenvalue weighted by atomic mass is 9.83. The minimum Gasteiger partial charge on any atom is -0.497 e. The number of methoxy groups -OCH3 is 1. The second kappa shape index (κ2) is 15.5. The van der Waals surface area contributed by atoms with Crippen molar-refractivity contribution in [1.82, 2.24) is 0 Å². The van der Waals surface area contributed by atoms with E-state index in [0.29, 0.717) is 6.61 Å². The molecule has 0 spiro atoms. The molecule has 7 nitrogen and oxygen atoms in total. The summed E-state index contributed by atoms with van der Waals surface area (Å²) in [5, 5.41) is 11.5. The van der Waals surface area contributed by atoms with Crippen molar-refractivity contribution in [3.05, 3.63) is 104 Å². The Kier molecular flexibility index (Phi) is 12.0. The van der Waals surface area contributed by atoms with Gasteiger partial charge in [0.1, 0.15) is 42.4 Å². The highest BCUT2D eigenvalue weighted by molar-refractivity contribution is 5.26. The van der Waals surface area contributed by atoms with Crippen LogP contribution in [-0.2, 0) is 36.9 Å². The SMILES string of the molecule is C=CCO[C@@H]1[C@@H](OCc2ccccc2)[C@H](OCC=C)[C@@H](OCC=C)[C@@H](O)[C@H]1OCc1ccc(OC)cc1. The lowest BCUT2D eigenvalue weighted by molar-refractivity contribution is -0.273. The first-order valence-corrected chi connectivity index (χ1v) is 12.4. The Morgan fingerprint density at radius 1 is 0.622 bits per heavy atom. The van der Waals surface area contributed by atoms with E-state index in [1.165, 1.54) is 0 Å². The van der Waals surface area contributed by atoms with Crippen LogP contribution in [0.4, 0.5) is 0 Å². The molecule has 0 aliphatic heterocycles. The monoisotopic (exact) mass is 510 g/mol. The predicted octanol–water partition coefficient (Wildman–Crippen LogP) is 4.25. The summed E-state index contributed by atoms with van der Waals surface area (Å²) in [4.78, 5) is 0. The van der Waals surface area contributed by atoms with Crippen molar-refractivity contribution in [2.45, 2.75) is 49.8 Å². The lowest BCUT2D eigenvalue weighted by Crippen LogP contribution is -2.67. The topological polar surface area (TPSA) is 75.6 Å². The van der Waals surface area contributed by atoms with E-state index >= 15 is 0 Å². The molecule has 1 fully saturated rings. The number of aliphatic hydroxyl groups is 1. The minimum atomic E-state index is -1.06. The molecule has 0 radical (unpaired) electrons. The molecule has 1 N–H and O–H groups in total. The third-order valence-electron chi connectivity index (χ3n) is 6.07. The number of aliphatic hydroxyl groups excluding tert-OH is 1. The summed E-state index contributed by atoms with van der Waals surface area (Å²) in [6.07, 6.45) is 0.451. The number of hydrogen-bond donors (Lipinski definition) is 1. The largest absolute Gasteiger partial charge is 0.497 e. The third-order valence-corrected chi connectivity index (χ3v) is 6.07. The second-order valence-corrected chi connectivity index (χ2v) is 8.64. The van der Waals surface area contributed by atoms with Gasteiger partial charge in [-0.15, -0.1) is 19.7 Å². The van der Waals surface area contributed by atoms with Crippen molar-refractivity contribution in [3.8, 4) is 5.75 Å². The van der Waals surface area contributed by atoms with Crippen LogP contribution in [-0.4, -0.2) is 68.7 Å². The van der Waals surface area contributed by atoms with Gasteiger partial charge in [0.15, 0.2) is 0 Å². The molecule has 0 bridgehead atoms. The van der Waals surface area contributed by atoms with Crippen LogP contribution in [0.15, 0.2) is 92.6 Å². The summed E-state index contributed by atoms with van der Waals surface area (Å²) in [6, 6.07) is 17.4. The van der Waals surface area contributed by atoms with E-state index in [-0.39, 0.29) is 26.4 Å². The standard InChI is InChI=1S/C30H38O7/c1-5-17-33-26-25(31)27(36-21-23-13-15-24(32-4)16-14-23)29(35-19-7-3)30(28(26)34-18-6-2)37-20-22-11-9-8-10-12-22/h5-16,25-31H,1-3,17-21H2,4H3/t25-,26+,27-,28-,29+,30+/m1/s1. The zero-order valence-electron chi connectivity index (χ0n) is 21.4. The number of ether oxygens (including phenoxy) is 6. The van der Waals surface area contributed by atoms with Crippen LogP contribution in [0.1, 0.15) is 11.1 Å². The molecule has 0 amide bonds. The highest BCUT2D eigenvalue weighted by Gasteiger charge is 2.53. The van der Waals surface area contributed by atoms with Gasteiger partial charge in [-0.1, -0.05) is 60.7 Å². The Morgan fingerprint density at radius 2 is 1.05 bits per heavy atom. The summed E-state index contributed by atoms with van der Waals surface area (Å²) in [5.41, 5.74) is 1.92. The Hall–Kier alpha value is -2.78. The molecule has 1 aliphatic carbocycles. The molecule has 2 aromatic carbocycles. The van der Waals surface area contributed by atoms with Crippen LogP contribution in [0.3, 0.4) is 0 Å².